The third-order valence-electron chi connectivity index (χ3n) is 1.88. The molecule has 0 saturated heterocycles. The van der Waals surface area contributed by atoms with Gasteiger partial charge in [0.2, 0.25) is 0 Å². The number of anilines is 1. The number of hydrogen-bond donors (Lipinski definition) is 0. The first kappa shape index (κ1) is 7.21. The number of aromatic nitrogens is 1. The molecule has 0 bridgehead atoms. The Morgan fingerprint density at radius 1 is 1.50 bits per heavy atom. The normalized spacial score (nSPS) is 16.1. The third-order valence-corrected chi connectivity index (χ3v) is 1.88. The molecule has 0 N–H and O–H groups in total. The Morgan fingerprint density at radius 3 is 3.17 bits per heavy atom. The molecule has 1 amide bonds. The molecule has 0 aliphatic carbocycles. The molecule has 0 fully saturated rings. The molecule has 62 valence electrons. The second-order valence-corrected chi connectivity index (χ2v) is 2.66. The van der Waals surface area contributed by atoms with Crippen molar-refractivity contribution < 1.29 is 9.28 Å². The quantitative estimate of drug-likeness (QED) is 0.543. The number of rotatable bonds is 0. The van der Waals surface area contributed by atoms with Crippen molar-refractivity contribution in [2.45, 2.75) is 12.8 Å². The Labute approximate surface area is 68.8 Å². The van der Waals surface area contributed by atoms with Crippen molar-refractivity contribution in [2.75, 3.05) is 5.12 Å². The maximum Gasteiger partial charge on any atom is 0.257 e. The number of nitrogens with zero attached hydrogens (tertiary/aromatic N) is 2. The Bertz CT molecular complexity index is 327. The predicted molar refractivity (Wildman–Crippen MR) is 41.2 cm³/mol. The fraction of sp³-hybridized carbons (Fsp3) is 0.250. The van der Waals surface area contributed by atoms with Crippen molar-refractivity contribution in [1.82, 2.24) is 4.98 Å². The molecule has 1 aliphatic rings. The van der Waals surface area contributed by atoms with Crippen LogP contribution in [0.3, 0.4) is 0 Å². The highest BCUT2D eigenvalue weighted by molar-refractivity contribution is 5.93. The maximum atomic E-state index is 13.0. The fourth-order valence-electron chi connectivity index (χ4n) is 1.26. The topological polar surface area (TPSA) is 33.2 Å². The summed E-state index contributed by atoms with van der Waals surface area (Å²) < 4.78 is 13.0. The number of hydrogen-bond acceptors (Lipinski definition) is 2. The van der Waals surface area contributed by atoms with Crippen LogP contribution in [0.5, 0.6) is 0 Å². The van der Waals surface area contributed by atoms with Crippen molar-refractivity contribution in [3.63, 3.8) is 0 Å². The SMILES string of the molecule is O=C1CCc2cccnc2N1F. The van der Waals surface area contributed by atoms with Crippen LogP contribution < -0.4 is 5.12 Å². The van der Waals surface area contributed by atoms with Gasteiger partial charge in [-0.15, -0.1) is 5.12 Å². The van der Waals surface area contributed by atoms with Gasteiger partial charge in [0.05, 0.1) is 0 Å². The number of pyridine rings is 1. The van der Waals surface area contributed by atoms with Crippen LogP contribution in [0.2, 0.25) is 0 Å². The molecule has 0 aromatic carbocycles. The first-order valence-electron chi connectivity index (χ1n) is 3.71. The third kappa shape index (κ3) is 0.958. The number of halogens is 1. The zero-order valence-electron chi connectivity index (χ0n) is 6.33. The van der Waals surface area contributed by atoms with Crippen LogP contribution in [-0.2, 0) is 11.2 Å². The Morgan fingerprint density at radius 2 is 2.33 bits per heavy atom. The molecule has 0 spiro atoms. The van der Waals surface area contributed by atoms with Gasteiger partial charge in [0.15, 0.2) is 5.82 Å². The summed E-state index contributed by atoms with van der Waals surface area (Å²) in [5.41, 5.74) is 0.791. The minimum Gasteiger partial charge on any atom is -0.272 e. The second kappa shape index (κ2) is 2.55. The van der Waals surface area contributed by atoms with Gasteiger partial charge in [0.25, 0.3) is 5.91 Å². The Kier molecular flexibility index (Phi) is 1.53. The molecular weight excluding hydrogens is 159 g/mol. The summed E-state index contributed by atoms with van der Waals surface area (Å²) in [7, 11) is 0. The van der Waals surface area contributed by atoms with Gasteiger partial charge in [-0.05, 0) is 18.1 Å². The molecule has 1 aromatic heterocycles. The number of carbonyl (C=O) groups excluding carboxylic acids is 1. The molecule has 0 atom stereocenters. The highest BCUT2D eigenvalue weighted by Gasteiger charge is 2.24. The van der Waals surface area contributed by atoms with E-state index in [1.54, 1.807) is 12.1 Å². The van der Waals surface area contributed by atoms with Crippen molar-refractivity contribution >= 4 is 11.7 Å². The summed E-state index contributed by atoms with van der Waals surface area (Å²) in [6.07, 6.45) is 2.29. The van der Waals surface area contributed by atoms with Crippen LogP contribution in [0.15, 0.2) is 18.3 Å². The molecule has 12 heavy (non-hydrogen) atoms. The van der Waals surface area contributed by atoms with E-state index in [9.17, 15) is 9.28 Å². The molecular formula is C8H7FN2O. The molecule has 1 aromatic rings. The van der Waals surface area contributed by atoms with E-state index in [1.165, 1.54) is 6.20 Å². The molecule has 1 aliphatic heterocycles. The summed E-state index contributed by atoms with van der Waals surface area (Å²) in [5, 5.41) is 0.124. The van der Waals surface area contributed by atoms with Gasteiger partial charge in [-0.1, -0.05) is 10.5 Å². The molecule has 0 saturated carbocycles. The summed E-state index contributed by atoms with van der Waals surface area (Å²) in [4.78, 5) is 14.6. The lowest BCUT2D eigenvalue weighted by molar-refractivity contribution is -0.121. The van der Waals surface area contributed by atoms with Crippen LogP contribution in [-0.4, -0.2) is 10.9 Å². The van der Waals surface area contributed by atoms with Gasteiger partial charge in [-0.3, -0.25) is 4.79 Å². The molecule has 3 nitrogen and oxygen atoms in total. The summed E-state index contributed by atoms with van der Waals surface area (Å²) in [6, 6.07) is 3.52. The number of carbonyl (C=O) groups is 1. The van der Waals surface area contributed by atoms with Gasteiger partial charge in [0, 0.05) is 12.6 Å². The van der Waals surface area contributed by atoms with E-state index in [-0.39, 0.29) is 17.4 Å². The van der Waals surface area contributed by atoms with E-state index in [4.69, 9.17) is 0 Å². The minimum atomic E-state index is -0.513. The zero-order valence-corrected chi connectivity index (χ0v) is 6.33. The molecule has 2 rings (SSSR count). The Balaban J connectivity index is 2.48. The lowest BCUT2D eigenvalue weighted by Crippen LogP contribution is -2.28. The van der Waals surface area contributed by atoms with Gasteiger partial charge in [-0.2, -0.15) is 0 Å². The molecule has 0 unspecified atom stereocenters. The first-order valence-corrected chi connectivity index (χ1v) is 3.71. The van der Waals surface area contributed by atoms with Crippen LogP contribution >= 0.6 is 0 Å². The van der Waals surface area contributed by atoms with Gasteiger partial charge in [-0.25, -0.2) is 4.98 Å². The number of aryl methyl sites for hydroxylation is 1. The summed E-state index contributed by atoms with van der Waals surface area (Å²) in [6.45, 7) is 0. The highest BCUT2D eigenvalue weighted by Crippen LogP contribution is 2.24. The van der Waals surface area contributed by atoms with Gasteiger partial charge < -0.3 is 0 Å². The Hall–Kier alpha value is -1.45. The van der Waals surface area contributed by atoms with E-state index >= 15 is 0 Å². The predicted octanol–water partition coefficient (Wildman–Crippen LogP) is 1.25. The van der Waals surface area contributed by atoms with Gasteiger partial charge >= 0.3 is 0 Å². The summed E-state index contributed by atoms with van der Waals surface area (Å²) >= 11 is 0. The average molecular weight is 166 g/mol. The van der Waals surface area contributed by atoms with Crippen molar-refractivity contribution in [3.8, 4) is 0 Å². The maximum absolute atomic E-state index is 13.0. The summed E-state index contributed by atoms with van der Waals surface area (Å²) in [5.74, 6) is -0.366. The van der Waals surface area contributed by atoms with Crippen molar-refractivity contribution in [2.24, 2.45) is 0 Å². The largest absolute Gasteiger partial charge is 0.272 e. The van der Waals surface area contributed by atoms with Crippen LogP contribution in [0.4, 0.5) is 10.3 Å². The highest BCUT2D eigenvalue weighted by atomic mass is 19.2. The zero-order chi connectivity index (χ0) is 8.55. The fourth-order valence-corrected chi connectivity index (χ4v) is 1.26. The first-order chi connectivity index (χ1) is 5.79. The smallest absolute Gasteiger partial charge is 0.257 e. The number of fused-ring (bicyclic) bond motifs is 1. The van der Waals surface area contributed by atoms with E-state index in [1.807, 2.05) is 0 Å². The lowest BCUT2D eigenvalue weighted by atomic mass is 10.1. The van der Waals surface area contributed by atoms with Crippen LogP contribution in [0.25, 0.3) is 0 Å². The monoisotopic (exact) mass is 166 g/mol. The van der Waals surface area contributed by atoms with E-state index in [0.29, 0.717) is 6.42 Å². The van der Waals surface area contributed by atoms with E-state index in [0.717, 1.165) is 5.56 Å². The van der Waals surface area contributed by atoms with Gasteiger partial charge in [0.1, 0.15) is 0 Å². The average Bonchev–Trinajstić information content (AvgIpc) is 2.12. The molecule has 2 heterocycles. The minimum absolute atomic E-state index is 0.124. The van der Waals surface area contributed by atoms with Crippen LogP contribution in [0.1, 0.15) is 12.0 Å². The van der Waals surface area contributed by atoms with Crippen molar-refractivity contribution in [1.29, 1.82) is 0 Å². The molecule has 4 heteroatoms. The molecule has 0 radical (unpaired) electrons. The number of amides is 1. The van der Waals surface area contributed by atoms with Crippen LogP contribution in [0, 0.1) is 0 Å². The standard InChI is InChI=1S/C8H7FN2O/c9-11-7(12)4-3-6-2-1-5-10-8(6)11/h1-2,5H,3-4H2. The van der Waals surface area contributed by atoms with E-state index in [2.05, 4.69) is 4.98 Å². The van der Waals surface area contributed by atoms with E-state index < -0.39 is 5.91 Å². The second-order valence-electron chi connectivity index (χ2n) is 2.66. The lowest BCUT2D eigenvalue weighted by Gasteiger charge is -2.18. The van der Waals surface area contributed by atoms with Crippen molar-refractivity contribution in [3.05, 3.63) is 23.9 Å².